The molecule has 0 spiro atoms. The van der Waals surface area contributed by atoms with Gasteiger partial charge in [0, 0.05) is 36.8 Å². The average molecular weight is 420 g/mol. The SMILES string of the molecule is CN(C)C(=O)c1cccc(NC(=O)CN2CCc3sccc3C2c2ccccc2)c1. The third-order valence-electron chi connectivity index (χ3n) is 5.33. The highest BCUT2D eigenvalue weighted by molar-refractivity contribution is 7.10. The van der Waals surface area contributed by atoms with Gasteiger partial charge in [0.25, 0.3) is 5.91 Å². The van der Waals surface area contributed by atoms with Gasteiger partial charge in [0.05, 0.1) is 12.6 Å². The molecule has 0 saturated heterocycles. The Morgan fingerprint density at radius 2 is 1.90 bits per heavy atom. The lowest BCUT2D eigenvalue weighted by Gasteiger charge is -2.35. The molecule has 30 heavy (non-hydrogen) atoms. The maximum absolute atomic E-state index is 12.9. The number of hydrogen-bond donors (Lipinski definition) is 1. The van der Waals surface area contributed by atoms with Crippen LogP contribution in [0.2, 0.25) is 0 Å². The zero-order valence-corrected chi connectivity index (χ0v) is 18.0. The molecule has 3 aromatic rings. The molecule has 1 unspecified atom stereocenters. The Morgan fingerprint density at radius 1 is 1.10 bits per heavy atom. The van der Waals surface area contributed by atoms with E-state index < -0.39 is 0 Å². The fourth-order valence-electron chi connectivity index (χ4n) is 3.94. The van der Waals surface area contributed by atoms with Crippen LogP contribution in [0, 0.1) is 0 Å². The van der Waals surface area contributed by atoms with Gasteiger partial charge in [-0.1, -0.05) is 36.4 Å². The Kier molecular flexibility index (Phi) is 5.97. The van der Waals surface area contributed by atoms with Crippen LogP contribution in [0.1, 0.15) is 32.4 Å². The summed E-state index contributed by atoms with van der Waals surface area (Å²) in [4.78, 5) is 30.2. The summed E-state index contributed by atoms with van der Waals surface area (Å²) in [6, 6.07) is 19.7. The first-order valence-electron chi connectivity index (χ1n) is 10.00. The summed E-state index contributed by atoms with van der Waals surface area (Å²) >= 11 is 1.79. The van der Waals surface area contributed by atoms with Gasteiger partial charge in [-0.25, -0.2) is 0 Å². The number of hydrogen-bond acceptors (Lipinski definition) is 4. The Balaban J connectivity index is 1.51. The number of carbonyl (C=O) groups is 2. The summed E-state index contributed by atoms with van der Waals surface area (Å²) in [5.74, 6) is -0.166. The third kappa shape index (κ3) is 4.30. The molecule has 0 bridgehead atoms. The van der Waals surface area contributed by atoms with Crippen molar-refractivity contribution in [2.75, 3.05) is 32.5 Å². The lowest BCUT2D eigenvalue weighted by molar-refractivity contribution is -0.117. The molecule has 0 saturated carbocycles. The molecule has 2 aromatic carbocycles. The molecule has 154 valence electrons. The minimum atomic E-state index is -0.0868. The van der Waals surface area contributed by atoms with Crippen LogP contribution in [0.15, 0.2) is 66.0 Å². The summed E-state index contributed by atoms with van der Waals surface area (Å²) < 4.78 is 0. The van der Waals surface area contributed by atoms with Crippen molar-refractivity contribution in [2.45, 2.75) is 12.5 Å². The quantitative estimate of drug-likeness (QED) is 0.679. The number of fused-ring (bicyclic) bond motifs is 1. The van der Waals surface area contributed by atoms with Crippen LogP contribution < -0.4 is 5.32 Å². The maximum atomic E-state index is 12.9. The molecule has 5 nitrogen and oxygen atoms in total. The molecule has 0 fully saturated rings. The summed E-state index contributed by atoms with van der Waals surface area (Å²) in [5, 5.41) is 5.10. The number of benzene rings is 2. The molecule has 2 heterocycles. The molecule has 1 N–H and O–H groups in total. The van der Waals surface area contributed by atoms with E-state index in [0.717, 1.165) is 13.0 Å². The highest BCUT2D eigenvalue weighted by Crippen LogP contribution is 2.37. The second kappa shape index (κ2) is 8.81. The van der Waals surface area contributed by atoms with E-state index >= 15 is 0 Å². The van der Waals surface area contributed by atoms with Gasteiger partial charge < -0.3 is 10.2 Å². The van der Waals surface area contributed by atoms with Crippen LogP contribution in [-0.4, -0.2) is 48.8 Å². The van der Waals surface area contributed by atoms with Gasteiger partial charge in [-0.3, -0.25) is 14.5 Å². The Labute approximate surface area is 180 Å². The zero-order valence-electron chi connectivity index (χ0n) is 17.2. The van der Waals surface area contributed by atoms with Crippen LogP contribution in [0.25, 0.3) is 0 Å². The van der Waals surface area contributed by atoms with Gasteiger partial charge in [0.15, 0.2) is 0 Å². The fourth-order valence-corrected chi connectivity index (χ4v) is 4.84. The first-order valence-corrected chi connectivity index (χ1v) is 10.9. The number of rotatable bonds is 5. The molecule has 4 rings (SSSR count). The first-order chi connectivity index (χ1) is 14.5. The third-order valence-corrected chi connectivity index (χ3v) is 6.32. The van der Waals surface area contributed by atoms with Crippen molar-refractivity contribution in [1.82, 2.24) is 9.80 Å². The van der Waals surface area contributed by atoms with E-state index in [2.05, 4.69) is 33.8 Å². The lowest BCUT2D eigenvalue weighted by Crippen LogP contribution is -2.40. The molecule has 0 aliphatic carbocycles. The minimum Gasteiger partial charge on any atom is -0.345 e. The van der Waals surface area contributed by atoms with Crippen LogP contribution >= 0.6 is 11.3 Å². The summed E-state index contributed by atoms with van der Waals surface area (Å²) in [6.07, 6.45) is 0.955. The largest absolute Gasteiger partial charge is 0.345 e. The van der Waals surface area contributed by atoms with Crippen LogP contribution in [0.5, 0.6) is 0 Å². The molecule has 1 aliphatic heterocycles. The van der Waals surface area contributed by atoms with E-state index in [1.807, 2.05) is 24.3 Å². The van der Waals surface area contributed by atoms with Gasteiger partial charge in [0.1, 0.15) is 0 Å². The van der Waals surface area contributed by atoms with Crippen molar-refractivity contribution in [1.29, 1.82) is 0 Å². The van der Waals surface area contributed by atoms with E-state index in [4.69, 9.17) is 0 Å². The Morgan fingerprint density at radius 3 is 2.67 bits per heavy atom. The van der Waals surface area contributed by atoms with Gasteiger partial charge in [-0.15, -0.1) is 11.3 Å². The van der Waals surface area contributed by atoms with E-state index in [0.29, 0.717) is 17.8 Å². The van der Waals surface area contributed by atoms with E-state index in [1.54, 1.807) is 43.6 Å². The number of nitrogens with one attached hydrogen (secondary N) is 1. The molecule has 1 aliphatic rings. The highest BCUT2D eigenvalue weighted by atomic mass is 32.1. The van der Waals surface area contributed by atoms with E-state index in [-0.39, 0.29) is 17.9 Å². The van der Waals surface area contributed by atoms with Gasteiger partial charge in [-0.2, -0.15) is 0 Å². The predicted octanol–water partition coefficient (Wildman–Crippen LogP) is 4.04. The van der Waals surface area contributed by atoms with Crippen molar-refractivity contribution in [2.24, 2.45) is 0 Å². The Bertz CT molecular complexity index is 1050. The van der Waals surface area contributed by atoms with Gasteiger partial charge >= 0.3 is 0 Å². The average Bonchev–Trinajstić information content (AvgIpc) is 3.22. The number of carbonyl (C=O) groups excluding carboxylic acids is 2. The standard InChI is InChI=1S/C24H25N3O2S/c1-26(2)24(29)18-9-6-10-19(15-18)25-22(28)16-27-13-11-21-20(12-14-30-21)23(27)17-7-4-3-5-8-17/h3-10,12,14-15,23H,11,13,16H2,1-2H3,(H,25,28). The number of amides is 2. The number of anilines is 1. The Hall–Kier alpha value is -2.96. The topological polar surface area (TPSA) is 52.7 Å². The summed E-state index contributed by atoms with van der Waals surface area (Å²) in [5.41, 5.74) is 3.69. The van der Waals surface area contributed by atoms with E-state index in [1.165, 1.54) is 20.9 Å². The summed E-state index contributed by atoms with van der Waals surface area (Å²) in [7, 11) is 3.43. The molecular weight excluding hydrogens is 394 g/mol. The van der Waals surface area contributed by atoms with Crippen molar-refractivity contribution in [3.8, 4) is 0 Å². The monoisotopic (exact) mass is 419 g/mol. The van der Waals surface area contributed by atoms with E-state index in [9.17, 15) is 9.59 Å². The van der Waals surface area contributed by atoms with Crippen molar-refractivity contribution < 1.29 is 9.59 Å². The maximum Gasteiger partial charge on any atom is 0.253 e. The molecular formula is C24H25N3O2S. The van der Waals surface area contributed by atoms with Gasteiger partial charge in [-0.05, 0) is 47.2 Å². The normalized spacial score (nSPS) is 16.0. The highest BCUT2D eigenvalue weighted by Gasteiger charge is 2.30. The predicted molar refractivity (Wildman–Crippen MR) is 121 cm³/mol. The smallest absolute Gasteiger partial charge is 0.253 e. The van der Waals surface area contributed by atoms with Crippen molar-refractivity contribution in [3.63, 3.8) is 0 Å². The first kappa shape index (κ1) is 20.3. The van der Waals surface area contributed by atoms with Crippen LogP contribution in [-0.2, 0) is 11.2 Å². The van der Waals surface area contributed by atoms with Crippen LogP contribution in [0.3, 0.4) is 0 Å². The van der Waals surface area contributed by atoms with Crippen molar-refractivity contribution in [3.05, 3.63) is 87.6 Å². The molecule has 2 amide bonds. The second-order valence-electron chi connectivity index (χ2n) is 7.66. The van der Waals surface area contributed by atoms with Crippen LogP contribution in [0.4, 0.5) is 5.69 Å². The molecule has 1 atom stereocenters. The molecule has 0 radical (unpaired) electrons. The lowest BCUT2D eigenvalue weighted by atomic mass is 9.93. The molecule has 6 heteroatoms. The second-order valence-corrected chi connectivity index (χ2v) is 8.66. The summed E-state index contributed by atoms with van der Waals surface area (Å²) in [6.45, 7) is 1.13. The number of thiophene rings is 1. The van der Waals surface area contributed by atoms with Gasteiger partial charge in [0.2, 0.25) is 5.91 Å². The minimum absolute atomic E-state index is 0.0774. The zero-order chi connectivity index (χ0) is 21.1. The fraction of sp³-hybridized carbons (Fsp3) is 0.250. The molecule has 1 aromatic heterocycles. The number of nitrogens with zero attached hydrogens (tertiary/aromatic N) is 2. The van der Waals surface area contributed by atoms with Crippen molar-refractivity contribution >= 4 is 28.8 Å².